The molecule has 0 aliphatic carbocycles. The lowest BCUT2D eigenvalue weighted by molar-refractivity contribution is 0.355. The van der Waals surface area contributed by atoms with E-state index < -0.39 is 0 Å². The first-order valence-corrected chi connectivity index (χ1v) is 4.76. The van der Waals surface area contributed by atoms with Crippen molar-refractivity contribution in [2.75, 3.05) is 0 Å². The molecule has 0 fully saturated rings. The van der Waals surface area contributed by atoms with Crippen molar-refractivity contribution < 1.29 is 5.11 Å². The summed E-state index contributed by atoms with van der Waals surface area (Å²) in [5, 5.41) is 13.5. The van der Waals surface area contributed by atoms with Crippen molar-refractivity contribution in [1.82, 2.24) is 0 Å². The lowest BCUT2D eigenvalue weighted by atomic mass is 9.99. The van der Waals surface area contributed by atoms with Crippen LogP contribution in [0.1, 0.15) is 16.7 Å². The monoisotopic (exact) mass is 185 g/mol. The van der Waals surface area contributed by atoms with Gasteiger partial charge < -0.3 is 0 Å². The van der Waals surface area contributed by atoms with Gasteiger partial charge in [-0.3, -0.25) is 5.11 Å². The molecule has 1 radical (unpaired) electrons. The second-order valence-electron chi connectivity index (χ2n) is 3.90. The first-order valence-electron chi connectivity index (χ1n) is 4.76. The summed E-state index contributed by atoms with van der Waals surface area (Å²) in [6.45, 7) is 6.15. The summed E-state index contributed by atoms with van der Waals surface area (Å²) in [6.07, 6.45) is 0. The molecule has 1 heteroatoms. The molecule has 2 rings (SSSR count). The summed E-state index contributed by atoms with van der Waals surface area (Å²) in [5.74, 6) is 0.0956. The number of aryl methyl sites for hydroxylation is 3. The molecule has 0 amide bonds. The Bertz CT molecular complexity index is 498. The molecule has 0 unspecified atom stereocenters. The molecule has 0 saturated carbocycles. The highest BCUT2D eigenvalue weighted by atomic mass is 16.3. The lowest BCUT2D eigenvalue weighted by Crippen LogP contribution is -1.84. The van der Waals surface area contributed by atoms with Crippen LogP contribution >= 0.6 is 0 Å². The minimum atomic E-state index is 0.0956. The van der Waals surface area contributed by atoms with Crippen molar-refractivity contribution >= 4 is 10.8 Å². The van der Waals surface area contributed by atoms with Gasteiger partial charge in [0.25, 0.3) is 0 Å². The van der Waals surface area contributed by atoms with Crippen molar-refractivity contribution in [3.05, 3.63) is 41.0 Å². The van der Waals surface area contributed by atoms with Gasteiger partial charge in [0, 0.05) is 0 Å². The van der Waals surface area contributed by atoms with E-state index in [-0.39, 0.29) is 5.75 Å². The standard InChI is InChI=1S/C13H13O/c1-8-4-11-7-12(14)5-10(3)13(11)6-9(8)2/h4-7H,1-3H3. The summed E-state index contributed by atoms with van der Waals surface area (Å²) < 4.78 is 0. The molecule has 0 atom stereocenters. The number of hydrogen-bond acceptors (Lipinski definition) is 0. The highest BCUT2D eigenvalue weighted by molar-refractivity contribution is 5.88. The Kier molecular flexibility index (Phi) is 1.95. The highest BCUT2D eigenvalue weighted by Crippen LogP contribution is 2.26. The van der Waals surface area contributed by atoms with E-state index in [0.717, 1.165) is 10.9 Å². The van der Waals surface area contributed by atoms with Gasteiger partial charge in [0.2, 0.25) is 0 Å². The molecule has 2 aromatic rings. The molecule has 0 bridgehead atoms. The third kappa shape index (κ3) is 1.35. The van der Waals surface area contributed by atoms with Crippen LogP contribution in [0.3, 0.4) is 0 Å². The van der Waals surface area contributed by atoms with Crippen molar-refractivity contribution in [3.8, 4) is 5.75 Å². The van der Waals surface area contributed by atoms with Crippen LogP contribution in [-0.2, 0) is 5.11 Å². The summed E-state index contributed by atoms with van der Waals surface area (Å²) in [5.41, 5.74) is 3.58. The molecule has 2 aromatic carbocycles. The third-order valence-corrected chi connectivity index (χ3v) is 2.75. The van der Waals surface area contributed by atoms with Gasteiger partial charge >= 0.3 is 0 Å². The Balaban J connectivity index is 2.89. The van der Waals surface area contributed by atoms with E-state index in [1.54, 1.807) is 12.1 Å². The zero-order valence-corrected chi connectivity index (χ0v) is 8.72. The predicted octanol–water partition coefficient (Wildman–Crippen LogP) is 3.91. The van der Waals surface area contributed by atoms with E-state index >= 15 is 0 Å². The molecule has 0 aliphatic heterocycles. The van der Waals surface area contributed by atoms with Crippen molar-refractivity contribution in [3.63, 3.8) is 0 Å². The summed E-state index contributed by atoms with van der Waals surface area (Å²) in [7, 11) is 0. The first-order chi connectivity index (χ1) is 6.58. The van der Waals surface area contributed by atoms with Crippen LogP contribution in [0.25, 0.3) is 10.8 Å². The molecule has 0 heterocycles. The van der Waals surface area contributed by atoms with Crippen LogP contribution in [0.5, 0.6) is 5.75 Å². The number of benzene rings is 2. The summed E-state index contributed by atoms with van der Waals surface area (Å²) in [6, 6.07) is 7.63. The van der Waals surface area contributed by atoms with E-state index in [4.69, 9.17) is 0 Å². The molecule has 71 valence electrons. The van der Waals surface area contributed by atoms with E-state index in [1.165, 1.54) is 16.5 Å². The van der Waals surface area contributed by atoms with Crippen molar-refractivity contribution in [2.24, 2.45) is 0 Å². The SMILES string of the molecule is Cc1cc2cc([O])cc(C)c2cc1C. The maximum atomic E-state index is 11.3. The largest absolute Gasteiger partial charge is 0.290 e. The Labute approximate surface area is 84.0 Å². The molecule has 14 heavy (non-hydrogen) atoms. The maximum absolute atomic E-state index is 11.3. The number of hydrogen-bond donors (Lipinski definition) is 0. The van der Waals surface area contributed by atoms with E-state index in [2.05, 4.69) is 26.0 Å². The third-order valence-electron chi connectivity index (χ3n) is 2.75. The quantitative estimate of drug-likeness (QED) is 0.593. The average Bonchev–Trinajstić information content (AvgIpc) is 2.08. The smallest absolute Gasteiger partial charge is 0.179 e. The molecule has 1 nitrogen and oxygen atoms in total. The first kappa shape index (κ1) is 9.07. The normalized spacial score (nSPS) is 10.8. The van der Waals surface area contributed by atoms with Gasteiger partial charge in [0.05, 0.1) is 0 Å². The van der Waals surface area contributed by atoms with Crippen LogP contribution < -0.4 is 0 Å². The van der Waals surface area contributed by atoms with Gasteiger partial charge in [-0.1, -0.05) is 12.1 Å². The molecule has 0 aromatic heterocycles. The fourth-order valence-electron chi connectivity index (χ4n) is 1.79. The predicted molar refractivity (Wildman–Crippen MR) is 58.3 cm³/mol. The molecule has 0 saturated heterocycles. The second-order valence-corrected chi connectivity index (χ2v) is 3.90. The van der Waals surface area contributed by atoms with Crippen LogP contribution in [0, 0.1) is 20.8 Å². The van der Waals surface area contributed by atoms with Crippen LogP contribution in [-0.4, -0.2) is 0 Å². The zero-order valence-electron chi connectivity index (χ0n) is 8.72. The van der Waals surface area contributed by atoms with Crippen LogP contribution in [0.15, 0.2) is 24.3 Å². The van der Waals surface area contributed by atoms with Gasteiger partial charge in [-0.05, 0) is 60.4 Å². The minimum Gasteiger partial charge on any atom is -0.290 e. The number of fused-ring (bicyclic) bond motifs is 1. The van der Waals surface area contributed by atoms with Gasteiger partial charge in [-0.2, -0.15) is 0 Å². The zero-order chi connectivity index (χ0) is 10.3. The van der Waals surface area contributed by atoms with E-state index in [9.17, 15) is 5.11 Å². The van der Waals surface area contributed by atoms with Gasteiger partial charge in [0.15, 0.2) is 5.75 Å². The van der Waals surface area contributed by atoms with Gasteiger partial charge in [-0.15, -0.1) is 0 Å². The van der Waals surface area contributed by atoms with Crippen molar-refractivity contribution in [1.29, 1.82) is 0 Å². The Hall–Kier alpha value is -1.50. The van der Waals surface area contributed by atoms with Crippen LogP contribution in [0.4, 0.5) is 0 Å². The fraction of sp³-hybridized carbons (Fsp3) is 0.231. The minimum absolute atomic E-state index is 0.0956. The van der Waals surface area contributed by atoms with E-state index in [1.807, 2.05) is 6.92 Å². The van der Waals surface area contributed by atoms with Gasteiger partial charge in [0.1, 0.15) is 0 Å². The van der Waals surface area contributed by atoms with E-state index in [0.29, 0.717) is 0 Å². The lowest BCUT2D eigenvalue weighted by Gasteiger charge is -2.06. The molecule has 0 N–H and O–H groups in total. The maximum Gasteiger partial charge on any atom is 0.179 e. The van der Waals surface area contributed by atoms with Gasteiger partial charge in [-0.25, -0.2) is 0 Å². The van der Waals surface area contributed by atoms with Crippen LogP contribution in [0.2, 0.25) is 0 Å². The molecular formula is C13H13O. The molecular weight excluding hydrogens is 172 g/mol. The highest BCUT2D eigenvalue weighted by Gasteiger charge is 2.03. The number of rotatable bonds is 0. The van der Waals surface area contributed by atoms with Crippen molar-refractivity contribution in [2.45, 2.75) is 20.8 Å². The topological polar surface area (TPSA) is 19.9 Å². The summed E-state index contributed by atoms with van der Waals surface area (Å²) in [4.78, 5) is 0. The molecule has 0 aliphatic rings. The Morgan fingerprint density at radius 1 is 0.786 bits per heavy atom. The summed E-state index contributed by atoms with van der Waals surface area (Å²) >= 11 is 0. The molecule has 0 spiro atoms. The Morgan fingerprint density at radius 2 is 1.43 bits per heavy atom. The average molecular weight is 185 g/mol. The second kappa shape index (κ2) is 3.02. The fourth-order valence-corrected chi connectivity index (χ4v) is 1.79. The Morgan fingerprint density at radius 3 is 2.14 bits per heavy atom.